The SMILES string of the molecule is COc1ccc(N2C(=O)/C(=C/c3ccc(Sc4ccccc4)o3)C(=O)NC2=S)cc1. The Balaban J connectivity index is 1.59. The minimum absolute atomic E-state index is 0.0204. The molecule has 1 saturated heterocycles. The van der Waals surface area contributed by atoms with Gasteiger partial charge in [-0.1, -0.05) is 30.0 Å². The lowest BCUT2D eigenvalue weighted by atomic mass is 10.1. The molecule has 1 N–H and O–H groups in total. The third-order valence-corrected chi connectivity index (χ3v) is 5.50. The van der Waals surface area contributed by atoms with Crippen LogP contribution in [0.3, 0.4) is 0 Å². The number of carbonyl (C=O) groups is 2. The van der Waals surface area contributed by atoms with E-state index in [4.69, 9.17) is 21.4 Å². The van der Waals surface area contributed by atoms with Crippen molar-refractivity contribution in [2.24, 2.45) is 0 Å². The zero-order chi connectivity index (χ0) is 21.1. The summed E-state index contributed by atoms with van der Waals surface area (Å²) in [5.74, 6) is -0.0478. The van der Waals surface area contributed by atoms with E-state index < -0.39 is 11.8 Å². The average molecular weight is 437 g/mol. The molecule has 1 fully saturated rings. The maximum absolute atomic E-state index is 13.0. The Labute approximate surface area is 182 Å². The van der Waals surface area contributed by atoms with Gasteiger partial charge in [0.25, 0.3) is 11.8 Å². The molecule has 6 nitrogen and oxygen atoms in total. The summed E-state index contributed by atoms with van der Waals surface area (Å²) in [7, 11) is 1.56. The van der Waals surface area contributed by atoms with Gasteiger partial charge in [0.15, 0.2) is 10.2 Å². The summed E-state index contributed by atoms with van der Waals surface area (Å²) in [5.41, 5.74) is 0.460. The molecule has 1 aliphatic rings. The first-order chi connectivity index (χ1) is 14.5. The van der Waals surface area contributed by atoms with Crippen LogP contribution in [0.1, 0.15) is 5.76 Å². The van der Waals surface area contributed by atoms with E-state index in [1.54, 1.807) is 43.5 Å². The van der Waals surface area contributed by atoms with Gasteiger partial charge in [-0.25, -0.2) is 0 Å². The minimum atomic E-state index is -0.566. The molecule has 2 aromatic carbocycles. The number of methoxy groups -OCH3 is 1. The molecule has 8 heteroatoms. The topological polar surface area (TPSA) is 71.8 Å². The Morgan fingerprint density at radius 2 is 1.77 bits per heavy atom. The first-order valence-electron chi connectivity index (χ1n) is 8.93. The van der Waals surface area contributed by atoms with Gasteiger partial charge < -0.3 is 9.15 Å². The number of rotatable bonds is 5. The fraction of sp³-hybridized carbons (Fsp3) is 0.0455. The van der Waals surface area contributed by atoms with Gasteiger partial charge in [-0.15, -0.1) is 0 Å². The highest BCUT2D eigenvalue weighted by Crippen LogP contribution is 2.30. The Bertz CT molecular complexity index is 1140. The molecule has 4 rings (SSSR count). The van der Waals surface area contributed by atoms with Crippen LogP contribution in [0.25, 0.3) is 6.08 Å². The number of nitrogens with zero attached hydrogens (tertiary/aromatic N) is 1. The van der Waals surface area contributed by atoms with E-state index in [0.29, 0.717) is 22.3 Å². The fourth-order valence-electron chi connectivity index (χ4n) is 2.84. The van der Waals surface area contributed by atoms with Crippen molar-refractivity contribution in [3.63, 3.8) is 0 Å². The van der Waals surface area contributed by atoms with Crippen LogP contribution in [0.2, 0.25) is 0 Å². The van der Waals surface area contributed by atoms with Crippen molar-refractivity contribution in [2.45, 2.75) is 9.99 Å². The Morgan fingerprint density at radius 1 is 1.03 bits per heavy atom. The summed E-state index contributed by atoms with van der Waals surface area (Å²) in [6, 6.07) is 20.1. The predicted molar refractivity (Wildman–Crippen MR) is 118 cm³/mol. The summed E-state index contributed by atoms with van der Waals surface area (Å²) < 4.78 is 10.9. The van der Waals surface area contributed by atoms with Crippen LogP contribution < -0.4 is 15.0 Å². The largest absolute Gasteiger partial charge is 0.497 e. The monoisotopic (exact) mass is 436 g/mol. The van der Waals surface area contributed by atoms with Gasteiger partial charge in [-0.3, -0.25) is 19.8 Å². The molecule has 3 aromatic rings. The van der Waals surface area contributed by atoms with Crippen LogP contribution in [0.5, 0.6) is 5.75 Å². The molecular weight excluding hydrogens is 420 g/mol. The third kappa shape index (κ3) is 4.14. The molecule has 0 bridgehead atoms. The van der Waals surface area contributed by atoms with E-state index >= 15 is 0 Å². The maximum Gasteiger partial charge on any atom is 0.270 e. The molecule has 0 aliphatic carbocycles. The third-order valence-electron chi connectivity index (χ3n) is 4.28. The lowest BCUT2D eigenvalue weighted by Gasteiger charge is -2.28. The van der Waals surface area contributed by atoms with E-state index in [1.165, 1.54) is 22.7 Å². The van der Waals surface area contributed by atoms with Gasteiger partial charge >= 0.3 is 0 Å². The lowest BCUT2D eigenvalue weighted by molar-refractivity contribution is -0.122. The van der Waals surface area contributed by atoms with Crippen molar-refractivity contribution in [3.8, 4) is 5.75 Å². The Morgan fingerprint density at radius 3 is 2.47 bits per heavy atom. The Kier molecular flexibility index (Phi) is 5.69. The summed E-state index contributed by atoms with van der Waals surface area (Å²) in [6.45, 7) is 0. The summed E-state index contributed by atoms with van der Waals surface area (Å²) in [6.07, 6.45) is 1.42. The molecule has 0 saturated carbocycles. The van der Waals surface area contributed by atoms with Gasteiger partial charge in [0, 0.05) is 4.90 Å². The van der Waals surface area contributed by atoms with Crippen LogP contribution in [0, 0.1) is 0 Å². The first kappa shape index (κ1) is 19.9. The quantitative estimate of drug-likeness (QED) is 0.366. The van der Waals surface area contributed by atoms with Crippen LogP contribution in [0.15, 0.2) is 86.7 Å². The fourth-order valence-corrected chi connectivity index (χ4v) is 3.92. The number of carbonyl (C=O) groups excluding carboxylic acids is 2. The van der Waals surface area contributed by atoms with Crippen molar-refractivity contribution >= 4 is 52.7 Å². The van der Waals surface area contributed by atoms with Gasteiger partial charge in [0.1, 0.15) is 17.1 Å². The molecule has 1 aromatic heterocycles. The van der Waals surface area contributed by atoms with E-state index in [0.717, 1.165) is 4.90 Å². The van der Waals surface area contributed by atoms with Gasteiger partial charge in [-0.05, 0) is 66.8 Å². The average Bonchev–Trinajstić information content (AvgIpc) is 3.19. The number of nitrogens with one attached hydrogen (secondary N) is 1. The number of amides is 2. The van der Waals surface area contributed by atoms with Gasteiger partial charge in [0.05, 0.1) is 12.8 Å². The summed E-state index contributed by atoms with van der Waals surface area (Å²) >= 11 is 6.66. The predicted octanol–water partition coefficient (Wildman–Crippen LogP) is 4.27. The van der Waals surface area contributed by atoms with E-state index in [1.807, 2.05) is 30.3 Å². The minimum Gasteiger partial charge on any atom is -0.497 e. The number of benzene rings is 2. The molecule has 0 spiro atoms. The van der Waals surface area contributed by atoms with Crippen LogP contribution in [-0.2, 0) is 9.59 Å². The summed E-state index contributed by atoms with van der Waals surface area (Å²) in [5, 5.41) is 3.23. The molecule has 30 heavy (non-hydrogen) atoms. The highest BCUT2D eigenvalue weighted by molar-refractivity contribution is 7.99. The van der Waals surface area contributed by atoms with Gasteiger partial charge in [-0.2, -0.15) is 0 Å². The number of ether oxygens (including phenoxy) is 1. The van der Waals surface area contributed by atoms with E-state index in [-0.39, 0.29) is 10.7 Å². The molecular formula is C22H16N2O4S2. The van der Waals surface area contributed by atoms with Gasteiger partial charge in [0.2, 0.25) is 0 Å². The van der Waals surface area contributed by atoms with Crippen molar-refractivity contribution in [2.75, 3.05) is 12.0 Å². The van der Waals surface area contributed by atoms with Crippen LogP contribution in [0.4, 0.5) is 5.69 Å². The molecule has 0 atom stereocenters. The normalized spacial score (nSPS) is 15.4. The van der Waals surface area contributed by atoms with Crippen LogP contribution in [-0.4, -0.2) is 24.0 Å². The zero-order valence-corrected chi connectivity index (χ0v) is 17.5. The standard InChI is InChI=1S/C22H16N2O4S2/c1-27-15-9-7-14(8-10-15)24-21(26)18(20(25)23-22(24)29)13-16-11-12-19(28-16)30-17-5-3-2-4-6-17/h2-13H,1H3,(H,23,25,29)/b18-13+. The highest BCUT2D eigenvalue weighted by Gasteiger charge is 2.34. The van der Waals surface area contributed by atoms with Crippen LogP contribution >= 0.6 is 24.0 Å². The zero-order valence-electron chi connectivity index (χ0n) is 15.8. The molecule has 2 heterocycles. The van der Waals surface area contributed by atoms with E-state index in [2.05, 4.69) is 5.32 Å². The number of furan rings is 1. The number of thiocarbonyl (C=S) groups is 1. The van der Waals surface area contributed by atoms with Crippen molar-refractivity contribution in [1.29, 1.82) is 0 Å². The highest BCUT2D eigenvalue weighted by atomic mass is 32.2. The number of hydrogen-bond acceptors (Lipinski definition) is 6. The number of anilines is 1. The smallest absolute Gasteiger partial charge is 0.270 e. The molecule has 1 aliphatic heterocycles. The van der Waals surface area contributed by atoms with Crippen molar-refractivity contribution in [3.05, 3.63) is 78.1 Å². The second-order valence-electron chi connectivity index (χ2n) is 6.23. The first-order valence-corrected chi connectivity index (χ1v) is 10.2. The Hall–Kier alpha value is -3.36. The van der Waals surface area contributed by atoms with Crippen molar-refractivity contribution < 1.29 is 18.7 Å². The molecule has 0 radical (unpaired) electrons. The summed E-state index contributed by atoms with van der Waals surface area (Å²) in [4.78, 5) is 27.7. The number of hydrogen-bond donors (Lipinski definition) is 1. The molecule has 0 unspecified atom stereocenters. The molecule has 2 amide bonds. The lowest BCUT2D eigenvalue weighted by Crippen LogP contribution is -2.54. The molecule has 150 valence electrons. The van der Waals surface area contributed by atoms with Crippen molar-refractivity contribution in [1.82, 2.24) is 5.32 Å². The van der Waals surface area contributed by atoms with E-state index in [9.17, 15) is 9.59 Å². The maximum atomic E-state index is 13.0. The second kappa shape index (κ2) is 8.56. The second-order valence-corrected chi connectivity index (χ2v) is 7.69.